The average molecular weight is 532 g/mol. The van der Waals surface area contributed by atoms with Crippen LogP contribution in [0.25, 0.3) is 11.1 Å². The summed E-state index contributed by atoms with van der Waals surface area (Å²) in [7, 11) is -1.14. The lowest BCUT2D eigenvalue weighted by molar-refractivity contribution is 0.250. The largest absolute Gasteiger partial charge is 0.495 e. The van der Waals surface area contributed by atoms with Crippen molar-refractivity contribution in [2.45, 2.75) is 4.90 Å². The maximum Gasteiger partial charge on any atom is 0.327 e. The van der Waals surface area contributed by atoms with Crippen molar-refractivity contribution in [3.05, 3.63) is 77.9 Å². The van der Waals surface area contributed by atoms with E-state index < -0.39 is 21.9 Å². The van der Waals surface area contributed by atoms with Crippen LogP contribution in [0.2, 0.25) is 5.02 Å². The molecule has 4 rings (SSSR count). The van der Waals surface area contributed by atoms with Crippen LogP contribution < -0.4 is 19.7 Å². The molecule has 0 aliphatic rings. The molecular formula is C23H19ClFN5O5S. The second kappa shape index (κ2) is 10.2. The fourth-order valence-corrected chi connectivity index (χ4v) is 4.50. The molecule has 10 nitrogen and oxygen atoms in total. The highest BCUT2D eigenvalue weighted by atomic mass is 35.5. The van der Waals surface area contributed by atoms with Gasteiger partial charge in [0.05, 0.1) is 12.8 Å². The van der Waals surface area contributed by atoms with E-state index in [4.69, 9.17) is 16.3 Å². The van der Waals surface area contributed by atoms with Gasteiger partial charge in [0.15, 0.2) is 5.82 Å². The van der Waals surface area contributed by atoms with E-state index in [1.807, 2.05) is 0 Å². The van der Waals surface area contributed by atoms with Crippen molar-refractivity contribution in [3.63, 3.8) is 0 Å². The molecule has 186 valence electrons. The molecule has 2 aromatic carbocycles. The topological polar surface area (TPSA) is 127 Å². The van der Waals surface area contributed by atoms with Crippen molar-refractivity contribution < 1.29 is 26.9 Å². The maximum atomic E-state index is 13.9. The molecule has 0 fully saturated rings. The van der Waals surface area contributed by atoms with Crippen molar-refractivity contribution in [1.29, 1.82) is 0 Å². The Labute approximate surface area is 210 Å². The Hall–Kier alpha value is -4.16. The predicted octanol–water partition coefficient (Wildman–Crippen LogP) is 4.82. The number of urea groups is 1. The molecule has 2 aromatic heterocycles. The van der Waals surface area contributed by atoms with Crippen molar-refractivity contribution in [2.24, 2.45) is 0 Å². The first-order chi connectivity index (χ1) is 17.2. The first-order valence-corrected chi connectivity index (χ1v) is 12.1. The Kier molecular flexibility index (Phi) is 7.08. The van der Waals surface area contributed by atoms with Crippen LogP contribution in [0.1, 0.15) is 0 Å². The van der Waals surface area contributed by atoms with Gasteiger partial charge in [-0.2, -0.15) is 0 Å². The number of sulfonamides is 1. The molecule has 13 heteroatoms. The highest BCUT2D eigenvalue weighted by molar-refractivity contribution is 7.92. The third-order valence-electron chi connectivity index (χ3n) is 4.97. The van der Waals surface area contributed by atoms with Crippen LogP contribution in [0.15, 0.2) is 76.5 Å². The fourth-order valence-electron chi connectivity index (χ4n) is 3.34. The zero-order chi connectivity index (χ0) is 25.9. The summed E-state index contributed by atoms with van der Waals surface area (Å²) < 4.78 is 51.4. The SMILES string of the molecule is CNC(=O)N(c1ccc(S(=O)(=O)Nc2ccon2)cn1)c1ccc(-c2cc(F)cc(Cl)c2)cc1OC. The molecule has 0 unspecified atom stereocenters. The Morgan fingerprint density at radius 2 is 1.92 bits per heavy atom. The molecular weight excluding hydrogens is 513 g/mol. The zero-order valence-corrected chi connectivity index (χ0v) is 20.5. The molecule has 0 spiro atoms. The molecule has 0 atom stereocenters. The van der Waals surface area contributed by atoms with Gasteiger partial charge < -0.3 is 14.6 Å². The number of pyridine rings is 1. The van der Waals surface area contributed by atoms with Crippen LogP contribution in [0.5, 0.6) is 5.75 Å². The van der Waals surface area contributed by atoms with E-state index in [1.165, 1.54) is 55.7 Å². The van der Waals surface area contributed by atoms with Gasteiger partial charge in [0, 0.05) is 24.3 Å². The molecule has 4 aromatic rings. The van der Waals surface area contributed by atoms with Gasteiger partial charge in [0.25, 0.3) is 10.0 Å². The number of rotatable bonds is 7. The van der Waals surface area contributed by atoms with E-state index in [9.17, 15) is 17.6 Å². The summed E-state index contributed by atoms with van der Waals surface area (Å²) in [5.41, 5.74) is 1.43. The van der Waals surface area contributed by atoms with Crippen LogP contribution in [0.4, 0.5) is 26.5 Å². The highest BCUT2D eigenvalue weighted by Crippen LogP contribution is 2.37. The van der Waals surface area contributed by atoms with Crippen LogP contribution in [0, 0.1) is 5.82 Å². The highest BCUT2D eigenvalue weighted by Gasteiger charge is 2.24. The number of nitrogens with one attached hydrogen (secondary N) is 2. The number of amides is 2. The second-order valence-electron chi connectivity index (χ2n) is 7.28. The monoisotopic (exact) mass is 531 g/mol. The number of halogens is 2. The summed E-state index contributed by atoms with van der Waals surface area (Å²) in [4.78, 5) is 18.1. The van der Waals surface area contributed by atoms with E-state index in [1.54, 1.807) is 24.3 Å². The van der Waals surface area contributed by atoms with E-state index in [-0.39, 0.29) is 27.3 Å². The van der Waals surface area contributed by atoms with E-state index in [2.05, 4.69) is 24.7 Å². The standard InChI is InChI=1S/C23H19ClFN5O5S/c1-26-23(31)30(22-6-4-18(13-27-22)36(32,33)29-21-7-8-35-28-21)19-5-3-14(11-20(19)34-2)15-9-16(24)12-17(25)10-15/h3-13H,1-2H3,(H,26,31)(H,28,29). The van der Waals surface area contributed by atoms with Crippen molar-refractivity contribution in [2.75, 3.05) is 23.8 Å². The Balaban J connectivity index is 1.71. The number of hydrogen-bond donors (Lipinski definition) is 2. The third kappa shape index (κ3) is 5.24. The second-order valence-corrected chi connectivity index (χ2v) is 9.40. The zero-order valence-electron chi connectivity index (χ0n) is 18.9. The average Bonchev–Trinajstić information content (AvgIpc) is 3.36. The number of anilines is 3. The molecule has 2 N–H and O–H groups in total. The molecule has 0 saturated carbocycles. The van der Waals surface area contributed by atoms with Crippen molar-refractivity contribution in [3.8, 4) is 16.9 Å². The molecule has 0 bridgehead atoms. The summed E-state index contributed by atoms with van der Waals surface area (Å²) in [5, 5.41) is 6.27. The van der Waals surface area contributed by atoms with E-state index >= 15 is 0 Å². The number of ether oxygens (including phenoxy) is 1. The lowest BCUT2D eigenvalue weighted by atomic mass is 10.0. The normalized spacial score (nSPS) is 11.1. The Bertz CT molecular complexity index is 1480. The smallest absolute Gasteiger partial charge is 0.327 e. The Morgan fingerprint density at radius 3 is 2.53 bits per heavy atom. The summed E-state index contributed by atoms with van der Waals surface area (Å²) >= 11 is 5.98. The van der Waals surface area contributed by atoms with Crippen LogP contribution in [-0.2, 0) is 10.0 Å². The lowest BCUT2D eigenvalue weighted by Gasteiger charge is -2.24. The number of nitrogens with zero attached hydrogens (tertiary/aromatic N) is 3. The summed E-state index contributed by atoms with van der Waals surface area (Å²) in [5.74, 6) is -0.0856. The van der Waals surface area contributed by atoms with Crippen LogP contribution in [0.3, 0.4) is 0 Å². The number of benzene rings is 2. The molecule has 0 aliphatic heterocycles. The molecule has 2 amide bonds. The number of carbonyl (C=O) groups excluding carboxylic acids is 1. The lowest BCUT2D eigenvalue weighted by Crippen LogP contribution is -2.35. The van der Waals surface area contributed by atoms with Crippen LogP contribution in [-0.4, -0.2) is 38.7 Å². The van der Waals surface area contributed by atoms with Gasteiger partial charge in [0.1, 0.15) is 28.5 Å². The molecule has 36 heavy (non-hydrogen) atoms. The Morgan fingerprint density at radius 1 is 1.11 bits per heavy atom. The van der Waals surface area contributed by atoms with E-state index in [0.29, 0.717) is 16.8 Å². The van der Waals surface area contributed by atoms with Gasteiger partial charge in [-0.25, -0.2) is 27.5 Å². The van der Waals surface area contributed by atoms with Gasteiger partial charge in [-0.1, -0.05) is 22.8 Å². The summed E-state index contributed by atoms with van der Waals surface area (Å²) in [6, 6.07) is 12.5. The number of methoxy groups -OCH3 is 1. The van der Waals surface area contributed by atoms with Crippen molar-refractivity contribution in [1.82, 2.24) is 15.5 Å². The summed E-state index contributed by atoms with van der Waals surface area (Å²) in [6.45, 7) is 0. The van der Waals surface area contributed by atoms with Crippen LogP contribution >= 0.6 is 11.6 Å². The summed E-state index contributed by atoms with van der Waals surface area (Å²) in [6.07, 6.45) is 2.32. The quantitative estimate of drug-likeness (QED) is 0.350. The number of aromatic nitrogens is 2. The minimum Gasteiger partial charge on any atom is -0.495 e. The van der Waals surface area contributed by atoms with Gasteiger partial charge in [-0.05, 0) is 53.6 Å². The first-order valence-electron chi connectivity index (χ1n) is 10.3. The molecule has 0 radical (unpaired) electrons. The predicted molar refractivity (Wildman–Crippen MR) is 132 cm³/mol. The minimum atomic E-state index is -3.99. The number of hydrogen-bond acceptors (Lipinski definition) is 7. The van der Waals surface area contributed by atoms with Gasteiger partial charge in [0.2, 0.25) is 0 Å². The molecule has 0 aliphatic carbocycles. The third-order valence-corrected chi connectivity index (χ3v) is 6.53. The van der Waals surface area contributed by atoms with E-state index in [0.717, 1.165) is 6.20 Å². The minimum absolute atomic E-state index is 0.00970. The van der Waals surface area contributed by atoms with Gasteiger partial charge in [-0.3, -0.25) is 4.72 Å². The number of carbonyl (C=O) groups is 1. The van der Waals surface area contributed by atoms with Crippen molar-refractivity contribution >= 4 is 45.0 Å². The van der Waals surface area contributed by atoms with Gasteiger partial charge >= 0.3 is 6.03 Å². The fraction of sp³-hybridized carbons (Fsp3) is 0.0870. The molecule has 0 saturated heterocycles. The van der Waals surface area contributed by atoms with Gasteiger partial charge in [-0.15, -0.1) is 0 Å². The maximum absolute atomic E-state index is 13.9. The molecule has 2 heterocycles. The first kappa shape index (κ1) is 24.9.